The Labute approximate surface area is 183 Å². The quantitative estimate of drug-likeness (QED) is 0.429. The Hall–Kier alpha value is -4.33. The van der Waals surface area contributed by atoms with Gasteiger partial charge in [0.25, 0.3) is 5.91 Å². The number of ether oxygens (including phenoxy) is 4. The summed E-state index contributed by atoms with van der Waals surface area (Å²) >= 11 is 0. The van der Waals surface area contributed by atoms with Crippen molar-refractivity contribution in [3.05, 3.63) is 83.9 Å². The molecule has 0 unspecified atom stereocenters. The molecule has 0 saturated carbocycles. The van der Waals surface area contributed by atoms with Gasteiger partial charge in [-0.15, -0.1) is 0 Å². The van der Waals surface area contributed by atoms with Crippen LogP contribution in [0.1, 0.15) is 20.7 Å². The molecule has 1 aliphatic rings. The van der Waals surface area contributed by atoms with E-state index in [4.69, 9.17) is 18.9 Å². The molecule has 162 valence electrons. The minimum absolute atomic E-state index is 0.102. The van der Waals surface area contributed by atoms with Gasteiger partial charge in [-0.25, -0.2) is 0 Å². The van der Waals surface area contributed by atoms with E-state index < -0.39 is 24.3 Å². The number of hydrogen-bond acceptors (Lipinski definition) is 7. The van der Waals surface area contributed by atoms with E-state index in [0.29, 0.717) is 34.1 Å². The lowest BCUT2D eigenvalue weighted by Crippen LogP contribution is -2.31. The van der Waals surface area contributed by atoms with E-state index in [1.165, 1.54) is 6.07 Å². The Morgan fingerprint density at radius 2 is 1.50 bits per heavy atom. The molecule has 0 aliphatic carbocycles. The summed E-state index contributed by atoms with van der Waals surface area (Å²) in [6.45, 7) is -0.709. The van der Waals surface area contributed by atoms with Crippen LogP contribution in [0.15, 0.2) is 72.8 Å². The van der Waals surface area contributed by atoms with Gasteiger partial charge in [-0.2, -0.15) is 0 Å². The number of carbonyl (C=O) groups is 3. The second-order valence-electron chi connectivity index (χ2n) is 6.77. The van der Waals surface area contributed by atoms with Crippen molar-refractivity contribution in [1.29, 1.82) is 0 Å². The van der Waals surface area contributed by atoms with Crippen LogP contribution in [0.25, 0.3) is 0 Å². The SMILES string of the molecule is O=C(CNC(=O)c1ccc(Oc2ccccc2)cc1)OCC(=O)c1ccc2c(c1)OCO2. The molecule has 3 aromatic rings. The van der Waals surface area contributed by atoms with E-state index in [9.17, 15) is 14.4 Å². The van der Waals surface area contributed by atoms with Gasteiger partial charge in [-0.1, -0.05) is 18.2 Å². The maximum absolute atomic E-state index is 12.2. The second kappa shape index (κ2) is 9.65. The van der Waals surface area contributed by atoms with Crippen molar-refractivity contribution in [1.82, 2.24) is 5.32 Å². The number of hydrogen-bond donors (Lipinski definition) is 1. The first-order valence-corrected chi connectivity index (χ1v) is 9.78. The molecule has 1 amide bonds. The number of Topliss-reactive ketones (excluding diaryl/α,β-unsaturated/α-hetero) is 1. The zero-order chi connectivity index (χ0) is 22.3. The van der Waals surface area contributed by atoms with Gasteiger partial charge in [-0.3, -0.25) is 14.4 Å². The molecular weight excluding hydrogens is 414 g/mol. The highest BCUT2D eigenvalue weighted by atomic mass is 16.7. The largest absolute Gasteiger partial charge is 0.457 e. The lowest BCUT2D eigenvalue weighted by atomic mass is 10.1. The van der Waals surface area contributed by atoms with E-state index >= 15 is 0 Å². The van der Waals surface area contributed by atoms with Gasteiger partial charge in [0.2, 0.25) is 6.79 Å². The summed E-state index contributed by atoms with van der Waals surface area (Å²) in [6.07, 6.45) is 0. The number of benzene rings is 3. The third-order valence-corrected chi connectivity index (χ3v) is 4.55. The molecule has 1 N–H and O–H groups in total. The third-order valence-electron chi connectivity index (χ3n) is 4.55. The van der Waals surface area contributed by atoms with Crippen LogP contribution in [0.5, 0.6) is 23.0 Å². The number of para-hydroxylation sites is 1. The fourth-order valence-corrected chi connectivity index (χ4v) is 2.90. The molecule has 0 spiro atoms. The molecule has 4 rings (SSSR count). The van der Waals surface area contributed by atoms with Gasteiger partial charge in [0.1, 0.15) is 18.0 Å². The number of fused-ring (bicyclic) bond motifs is 1. The average molecular weight is 433 g/mol. The van der Waals surface area contributed by atoms with Crippen LogP contribution in [0.2, 0.25) is 0 Å². The van der Waals surface area contributed by atoms with E-state index in [1.54, 1.807) is 36.4 Å². The van der Waals surface area contributed by atoms with E-state index in [2.05, 4.69) is 5.32 Å². The first-order valence-electron chi connectivity index (χ1n) is 9.78. The maximum Gasteiger partial charge on any atom is 0.325 e. The molecule has 0 atom stereocenters. The van der Waals surface area contributed by atoms with Crippen molar-refractivity contribution < 1.29 is 33.3 Å². The molecule has 1 heterocycles. The summed E-state index contributed by atoms with van der Waals surface area (Å²) in [5.41, 5.74) is 0.693. The van der Waals surface area contributed by atoms with Gasteiger partial charge in [0.15, 0.2) is 23.9 Å². The highest BCUT2D eigenvalue weighted by molar-refractivity contribution is 5.99. The number of rotatable bonds is 8. The van der Waals surface area contributed by atoms with E-state index in [1.807, 2.05) is 30.3 Å². The molecule has 0 saturated heterocycles. The Kier molecular flexibility index (Phi) is 6.31. The van der Waals surface area contributed by atoms with Gasteiger partial charge < -0.3 is 24.3 Å². The van der Waals surface area contributed by atoms with Crippen LogP contribution >= 0.6 is 0 Å². The van der Waals surface area contributed by atoms with Gasteiger partial charge in [0.05, 0.1) is 0 Å². The smallest absolute Gasteiger partial charge is 0.325 e. The number of nitrogens with one attached hydrogen (secondary N) is 1. The predicted molar refractivity (Wildman–Crippen MR) is 113 cm³/mol. The zero-order valence-electron chi connectivity index (χ0n) is 16.9. The van der Waals surface area contributed by atoms with Crippen molar-refractivity contribution in [3.63, 3.8) is 0 Å². The topological polar surface area (TPSA) is 100 Å². The van der Waals surface area contributed by atoms with Gasteiger partial charge >= 0.3 is 5.97 Å². The minimum atomic E-state index is -0.725. The summed E-state index contributed by atoms with van der Waals surface area (Å²) in [5.74, 6) is 0.719. The fourth-order valence-electron chi connectivity index (χ4n) is 2.90. The van der Waals surface area contributed by atoms with Crippen LogP contribution in [-0.2, 0) is 9.53 Å². The summed E-state index contributed by atoms with van der Waals surface area (Å²) in [6, 6.07) is 20.5. The van der Waals surface area contributed by atoms with Crippen molar-refractivity contribution in [2.24, 2.45) is 0 Å². The molecule has 1 aliphatic heterocycles. The van der Waals surface area contributed by atoms with Crippen LogP contribution in [0.3, 0.4) is 0 Å². The molecule has 32 heavy (non-hydrogen) atoms. The summed E-state index contributed by atoms with van der Waals surface area (Å²) in [5, 5.41) is 2.46. The second-order valence-corrected chi connectivity index (χ2v) is 6.77. The highest BCUT2D eigenvalue weighted by Gasteiger charge is 2.17. The fraction of sp³-hybridized carbons (Fsp3) is 0.125. The van der Waals surface area contributed by atoms with Crippen molar-refractivity contribution in [2.75, 3.05) is 19.9 Å². The lowest BCUT2D eigenvalue weighted by molar-refractivity contribution is -0.141. The van der Waals surface area contributed by atoms with Crippen molar-refractivity contribution in [3.8, 4) is 23.0 Å². The molecule has 3 aromatic carbocycles. The minimum Gasteiger partial charge on any atom is -0.457 e. The predicted octanol–water partition coefficient (Wildman–Crippen LogP) is 3.36. The summed E-state index contributed by atoms with van der Waals surface area (Å²) in [4.78, 5) is 36.3. The molecule has 0 fully saturated rings. The monoisotopic (exact) mass is 433 g/mol. The Morgan fingerprint density at radius 1 is 0.812 bits per heavy atom. The molecule has 0 aromatic heterocycles. The Balaban J connectivity index is 1.22. The molecule has 8 nitrogen and oxygen atoms in total. The normalized spacial score (nSPS) is 11.5. The first kappa shape index (κ1) is 20.9. The molecular formula is C24H19NO7. The zero-order valence-corrected chi connectivity index (χ0v) is 16.9. The summed E-state index contributed by atoms with van der Waals surface area (Å²) < 4.78 is 21.0. The standard InChI is InChI=1S/C24H19NO7/c26-20(17-8-11-21-22(12-17)31-15-30-21)14-29-23(27)13-25-24(28)16-6-9-19(10-7-16)32-18-4-2-1-3-5-18/h1-12H,13-15H2,(H,25,28). The first-order chi connectivity index (χ1) is 15.6. The van der Waals surface area contributed by atoms with E-state index in [0.717, 1.165) is 0 Å². The average Bonchev–Trinajstić information content (AvgIpc) is 3.30. The Morgan fingerprint density at radius 3 is 2.28 bits per heavy atom. The maximum atomic E-state index is 12.2. The van der Waals surface area contributed by atoms with Gasteiger partial charge in [-0.05, 0) is 54.6 Å². The van der Waals surface area contributed by atoms with Crippen molar-refractivity contribution >= 4 is 17.7 Å². The molecule has 0 radical (unpaired) electrons. The highest BCUT2D eigenvalue weighted by Crippen LogP contribution is 2.32. The van der Waals surface area contributed by atoms with Gasteiger partial charge in [0, 0.05) is 11.1 Å². The summed E-state index contributed by atoms with van der Waals surface area (Å²) in [7, 11) is 0. The third kappa shape index (κ3) is 5.23. The lowest BCUT2D eigenvalue weighted by Gasteiger charge is -2.08. The van der Waals surface area contributed by atoms with Crippen molar-refractivity contribution in [2.45, 2.75) is 0 Å². The van der Waals surface area contributed by atoms with Crippen LogP contribution in [0, 0.1) is 0 Å². The van der Waals surface area contributed by atoms with E-state index in [-0.39, 0.29) is 13.3 Å². The number of carbonyl (C=O) groups excluding carboxylic acids is 3. The Bertz CT molecular complexity index is 1130. The van der Waals surface area contributed by atoms with Crippen LogP contribution in [0.4, 0.5) is 0 Å². The molecule has 0 bridgehead atoms. The number of amides is 1. The number of esters is 1. The molecule has 8 heteroatoms. The number of ketones is 1. The van der Waals surface area contributed by atoms with Crippen LogP contribution in [-0.4, -0.2) is 37.6 Å². The van der Waals surface area contributed by atoms with Crippen LogP contribution < -0.4 is 19.5 Å².